The Morgan fingerprint density at radius 1 is 1.40 bits per heavy atom. The van der Waals surface area contributed by atoms with Crippen LogP contribution in [0.25, 0.3) is 11.4 Å². The topological polar surface area (TPSA) is 68.0 Å². The molecule has 102 valence electrons. The number of benzene rings is 1. The predicted molar refractivity (Wildman–Crippen MR) is 77.4 cm³/mol. The lowest BCUT2D eigenvalue weighted by molar-refractivity contribution is -0.116. The van der Waals surface area contributed by atoms with Crippen LogP contribution < -0.4 is 5.32 Å². The van der Waals surface area contributed by atoms with E-state index in [1.807, 2.05) is 24.3 Å². The van der Waals surface area contributed by atoms with Crippen LogP contribution in [0.15, 0.2) is 33.3 Å². The Balaban J connectivity index is 2.13. The van der Waals surface area contributed by atoms with Crippen LogP contribution in [0.5, 0.6) is 0 Å². The molecule has 5 nitrogen and oxygen atoms in total. The fourth-order valence-corrected chi connectivity index (χ4v) is 1.80. The highest BCUT2D eigenvalue weighted by Gasteiger charge is 2.16. The Hall–Kier alpha value is -2.13. The van der Waals surface area contributed by atoms with E-state index in [0.29, 0.717) is 11.7 Å². The number of rotatable bonds is 3. The molecule has 0 fully saturated rings. The van der Waals surface area contributed by atoms with Crippen LogP contribution in [-0.2, 0) is 4.79 Å². The molecular formula is C14H12BrN3O2. The quantitative estimate of drug-likeness (QED) is 0.877. The van der Waals surface area contributed by atoms with Crippen molar-refractivity contribution in [1.29, 1.82) is 0 Å². The number of hydrogen-bond donors (Lipinski definition) is 1. The second kappa shape index (κ2) is 6.35. The highest BCUT2D eigenvalue weighted by Crippen LogP contribution is 2.20. The predicted octanol–water partition coefficient (Wildman–Crippen LogP) is 2.70. The van der Waals surface area contributed by atoms with Crippen molar-refractivity contribution in [3.05, 3.63) is 34.6 Å². The van der Waals surface area contributed by atoms with E-state index >= 15 is 0 Å². The Morgan fingerprint density at radius 2 is 2.10 bits per heavy atom. The molecule has 0 bridgehead atoms. The smallest absolute Gasteiger partial charge is 0.296 e. The Morgan fingerprint density at radius 3 is 2.75 bits per heavy atom. The van der Waals surface area contributed by atoms with Gasteiger partial charge in [0.2, 0.25) is 11.7 Å². The van der Waals surface area contributed by atoms with Crippen LogP contribution >= 0.6 is 15.9 Å². The number of carbonyl (C=O) groups is 1. The second-order valence-electron chi connectivity index (χ2n) is 4.03. The summed E-state index contributed by atoms with van der Waals surface area (Å²) in [6.07, 6.45) is 0. The summed E-state index contributed by atoms with van der Waals surface area (Å²) in [7, 11) is 0. The molecule has 1 N–H and O–H groups in total. The Bertz CT molecular complexity index is 668. The number of aromatic nitrogens is 2. The van der Waals surface area contributed by atoms with Crippen molar-refractivity contribution in [2.45, 2.75) is 19.9 Å². The summed E-state index contributed by atoms with van der Waals surface area (Å²) in [6, 6.07) is 7.16. The second-order valence-corrected chi connectivity index (χ2v) is 4.95. The average Bonchev–Trinajstić information content (AvgIpc) is 2.89. The summed E-state index contributed by atoms with van der Waals surface area (Å²) >= 11 is 3.36. The molecule has 2 aromatic rings. The summed E-state index contributed by atoms with van der Waals surface area (Å²) in [4.78, 5) is 15.6. The molecule has 1 amide bonds. The minimum absolute atomic E-state index is 0.342. The molecule has 0 aliphatic rings. The van der Waals surface area contributed by atoms with Crippen molar-refractivity contribution < 1.29 is 9.32 Å². The molecule has 1 unspecified atom stereocenters. The molecule has 0 aliphatic carbocycles. The standard InChI is InChI=1S/C14H12BrN3O2/c1-3-4-12(19)16-9(2)14-17-13(18-20-14)10-5-7-11(15)8-6-10/h5-9H,1-2H3,(H,16,19). The van der Waals surface area contributed by atoms with Crippen molar-refractivity contribution in [3.8, 4) is 23.2 Å². The van der Waals surface area contributed by atoms with Gasteiger partial charge >= 0.3 is 0 Å². The van der Waals surface area contributed by atoms with Gasteiger partial charge in [0.15, 0.2) is 0 Å². The molecule has 0 saturated carbocycles. The monoisotopic (exact) mass is 333 g/mol. The Labute approximate surface area is 124 Å². The van der Waals surface area contributed by atoms with Crippen molar-refractivity contribution in [1.82, 2.24) is 15.5 Å². The van der Waals surface area contributed by atoms with Crippen LogP contribution in [0.2, 0.25) is 0 Å². The first-order valence-electron chi connectivity index (χ1n) is 5.93. The van der Waals surface area contributed by atoms with E-state index in [-0.39, 0.29) is 11.9 Å². The van der Waals surface area contributed by atoms with Gasteiger partial charge in [-0.2, -0.15) is 4.98 Å². The van der Waals surface area contributed by atoms with E-state index < -0.39 is 0 Å². The minimum atomic E-state index is -0.389. The zero-order valence-corrected chi connectivity index (χ0v) is 12.6. The van der Waals surface area contributed by atoms with Crippen molar-refractivity contribution in [2.75, 3.05) is 0 Å². The molecule has 1 atom stereocenters. The lowest BCUT2D eigenvalue weighted by Crippen LogP contribution is -2.25. The fraction of sp³-hybridized carbons (Fsp3) is 0.214. The fourth-order valence-electron chi connectivity index (χ4n) is 1.54. The van der Waals surface area contributed by atoms with Gasteiger partial charge in [0.25, 0.3) is 5.91 Å². The molecule has 2 rings (SSSR count). The third-order valence-electron chi connectivity index (χ3n) is 2.50. The summed E-state index contributed by atoms with van der Waals surface area (Å²) < 4.78 is 6.13. The maximum atomic E-state index is 11.4. The number of carbonyl (C=O) groups excluding carboxylic acids is 1. The van der Waals surface area contributed by atoms with E-state index in [0.717, 1.165) is 10.0 Å². The number of nitrogens with zero attached hydrogens (tertiary/aromatic N) is 2. The summed E-state index contributed by atoms with van der Waals surface area (Å²) in [5.41, 5.74) is 0.843. The van der Waals surface area contributed by atoms with Gasteiger partial charge in [0.1, 0.15) is 6.04 Å². The third-order valence-corrected chi connectivity index (χ3v) is 3.03. The summed E-state index contributed by atoms with van der Waals surface area (Å²) in [5, 5.41) is 6.56. The Kier molecular flexibility index (Phi) is 4.53. The largest absolute Gasteiger partial charge is 0.337 e. The highest BCUT2D eigenvalue weighted by molar-refractivity contribution is 9.10. The number of nitrogens with one attached hydrogen (secondary N) is 1. The van der Waals surface area contributed by atoms with E-state index in [1.54, 1.807) is 13.8 Å². The van der Waals surface area contributed by atoms with E-state index in [1.165, 1.54) is 0 Å². The number of halogens is 1. The van der Waals surface area contributed by atoms with Gasteiger partial charge in [-0.1, -0.05) is 27.0 Å². The zero-order chi connectivity index (χ0) is 14.5. The first-order chi connectivity index (χ1) is 9.60. The molecule has 1 aromatic carbocycles. The van der Waals surface area contributed by atoms with Gasteiger partial charge in [-0.05, 0) is 44.0 Å². The van der Waals surface area contributed by atoms with Crippen LogP contribution in [-0.4, -0.2) is 16.0 Å². The number of amides is 1. The highest BCUT2D eigenvalue weighted by atomic mass is 79.9. The molecule has 0 radical (unpaired) electrons. The molecule has 1 aromatic heterocycles. The normalized spacial score (nSPS) is 11.3. The molecule has 6 heteroatoms. The minimum Gasteiger partial charge on any atom is -0.337 e. The van der Waals surface area contributed by atoms with Gasteiger partial charge in [0, 0.05) is 10.0 Å². The third kappa shape index (κ3) is 3.45. The van der Waals surface area contributed by atoms with Crippen molar-refractivity contribution in [2.24, 2.45) is 0 Å². The van der Waals surface area contributed by atoms with Gasteiger partial charge in [0.05, 0.1) is 0 Å². The lowest BCUT2D eigenvalue weighted by atomic mass is 10.2. The summed E-state index contributed by atoms with van der Waals surface area (Å²) in [5.74, 6) is 5.37. The van der Waals surface area contributed by atoms with Crippen molar-refractivity contribution >= 4 is 21.8 Å². The molecule has 20 heavy (non-hydrogen) atoms. The van der Waals surface area contributed by atoms with Crippen LogP contribution in [0.3, 0.4) is 0 Å². The molecular weight excluding hydrogens is 322 g/mol. The average molecular weight is 334 g/mol. The molecule has 0 saturated heterocycles. The first kappa shape index (κ1) is 14.3. The summed E-state index contributed by atoms with van der Waals surface area (Å²) in [6.45, 7) is 3.36. The first-order valence-corrected chi connectivity index (χ1v) is 6.72. The van der Waals surface area contributed by atoms with Crippen LogP contribution in [0, 0.1) is 11.8 Å². The van der Waals surface area contributed by atoms with E-state index in [4.69, 9.17) is 4.52 Å². The van der Waals surface area contributed by atoms with Gasteiger partial charge in [-0.3, -0.25) is 4.79 Å². The lowest BCUT2D eigenvalue weighted by Gasteiger charge is -2.05. The van der Waals surface area contributed by atoms with E-state index in [2.05, 4.69) is 43.2 Å². The zero-order valence-electron chi connectivity index (χ0n) is 11.0. The molecule has 0 spiro atoms. The molecule has 0 aliphatic heterocycles. The molecule has 1 heterocycles. The SMILES string of the molecule is CC#CC(=O)NC(C)c1nc(-c2ccc(Br)cc2)no1. The van der Waals surface area contributed by atoms with Crippen molar-refractivity contribution in [3.63, 3.8) is 0 Å². The van der Waals surface area contributed by atoms with E-state index in [9.17, 15) is 4.79 Å². The van der Waals surface area contributed by atoms with Gasteiger partial charge in [-0.15, -0.1) is 0 Å². The number of hydrogen-bond acceptors (Lipinski definition) is 4. The van der Waals surface area contributed by atoms with Gasteiger partial charge < -0.3 is 9.84 Å². The van der Waals surface area contributed by atoms with Crippen LogP contribution in [0.1, 0.15) is 25.8 Å². The van der Waals surface area contributed by atoms with Gasteiger partial charge in [-0.25, -0.2) is 0 Å². The van der Waals surface area contributed by atoms with Crippen LogP contribution in [0.4, 0.5) is 0 Å². The maximum absolute atomic E-state index is 11.4. The maximum Gasteiger partial charge on any atom is 0.296 e.